The van der Waals surface area contributed by atoms with E-state index in [4.69, 9.17) is 0 Å². The second-order valence-electron chi connectivity index (χ2n) is 10.1. The molecule has 34 heavy (non-hydrogen) atoms. The predicted molar refractivity (Wildman–Crippen MR) is 127 cm³/mol. The highest BCUT2D eigenvalue weighted by Crippen LogP contribution is 2.44. The maximum atomic E-state index is 13.6. The lowest BCUT2D eigenvalue weighted by Gasteiger charge is -2.36. The van der Waals surface area contributed by atoms with Crippen LogP contribution in [-0.4, -0.2) is 38.9 Å². The molecule has 2 aliphatic carbocycles. The smallest absolute Gasteiger partial charge is 0.294 e. The molecule has 2 aliphatic rings. The first-order chi connectivity index (χ1) is 16.0. The maximum absolute atomic E-state index is 13.6. The first kappa shape index (κ1) is 24.1. The van der Waals surface area contributed by atoms with Gasteiger partial charge in [0.25, 0.3) is 17.6 Å². The minimum atomic E-state index is -0.703. The molecule has 1 aromatic carbocycles. The van der Waals surface area contributed by atoms with Crippen molar-refractivity contribution in [2.24, 2.45) is 7.05 Å². The summed E-state index contributed by atoms with van der Waals surface area (Å²) >= 11 is 0. The molecule has 0 radical (unpaired) electrons. The summed E-state index contributed by atoms with van der Waals surface area (Å²) in [5.41, 5.74) is 2.15. The van der Waals surface area contributed by atoms with Gasteiger partial charge in [0, 0.05) is 29.9 Å². The SMILES string of the molecule is Cc1cc(NC(=O)c2c(C)c(C(=O)C(=O)N[C@]3(C)CC[C@H](O)CC3)n(C)c2C2CC2)ccc1F. The third-order valence-corrected chi connectivity index (χ3v) is 7.19. The van der Waals surface area contributed by atoms with Crippen molar-refractivity contribution >= 4 is 23.3 Å². The zero-order valence-corrected chi connectivity index (χ0v) is 20.1. The van der Waals surface area contributed by atoms with Crippen molar-refractivity contribution in [3.63, 3.8) is 0 Å². The van der Waals surface area contributed by atoms with E-state index in [0.29, 0.717) is 48.1 Å². The van der Waals surface area contributed by atoms with Gasteiger partial charge in [0.15, 0.2) is 0 Å². The number of aromatic nitrogens is 1. The summed E-state index contributed by atoms with van der Waals surface area (Å²) in [7, 11) is 1.72. The van der Waals surface area contributed by atoms with Crippen LogP contribution in [0, 0.1) is 19.7 Å². The summed E-state index contributed by atoms with van der Waals surface area (Å²) < 4.78 is 15.3. The molecule has 0 bridgehead atoms. The Hall–Kier alpha value is -3.00. The fourth-order valence-electron chi connectivity index (χ4n) is 5.01. The molecule has 4 rings (SSSR count). The van der Waals surface area contributed by atoms with Crippen molar-refractivity contribution in [2.45, 2.75) is 76.9 Å². The van der Waals surface area contributed by atoms with Crippen LogP contribution >= 0.6 is 0 Å². The van der Waals surface area contributed by atoms with Crippen LogP contribution in [0.5, 0.6) is 0 Å². The molecule has 8 heteroatoms. The number of Topliss-reactive ketones (excluding diaryl/α,β-unsaturated/α-hetero) is 1. The average molecular weight is 470 g/mol. The van der Waals surface area contributed by atoms with Gasteiger partial charge in [0.2, 0.25) is 0 Å². The van der Waals surface area contributed by atoms with E-state index in [-0.39, 0.29) is 29.4 Å². The lowest BCUT2D eigenvalue weighted by atomic mass is 9.82. The van der Waals surface area contributed by atoms with Gasteiger partial charge in [-0.1, -0.05) is 0 Å². The van der Waals surface area contributed by atoms with Gasteiger partial charge in [-0.15, -0.1) is 0 Å². The number of ketones is 1. The van der Waals surface area contributed by atoms with E-state index < -0.39 is 17.2 Å². The van der Waals surface area contributed by atoms with Crippen LogP contribution in [0.4, 0.5) is 10.1 Å². The van der Waals surface area contributed by atoms with Gasteiger partial charge >= 0.3 is 0 Å². The summed E-state index contributed by atoms with van der Waals surface area (Å²) in [5.74, 6) is -1.96. The van der Waals surface area contributed by atoms with E-state index in [1.807, 2.05) is 6.92 Å². The highest BCUT2D eigenvalue weighted by Gasteiger charge is 2.39. The van der Waals surface area contributed by atoms with Gasteiger partial charge in [0.1, 0.15) is 5.82 Å². The Labute approximate surface area is 198 Å². The number of hydrogen-bond acceptors (Lipinski definition) is 4. The van der Waals surface area contributed by atoms with Crippen LogP contribution in [0.15, 0.2) is 18.2 Å². The average Bonchev–Trinajstić information content (AvgIpc) is 3.57. The topological polar surface area (TPSA) is 100 Å². The zero-order valence-electron chi connectivity index (χ0n) is 20.1. The standard InChI is InChI=1S/C26H32FN3O4/c1-14-13-17(7-8-19(14)27)28-24(33)20-15(2)21(30(4)22(20)16-5-6-16)23(32)25(34)29-26(3)11-9-18(31)10-12-26/h7-8,13,16,18,31H,5-6,9-12H2,1-4H3,(H,28,33)(H,29,34)/t18-,26+. The molecule has 0 saturated heterocycles. The highest BCUT2D eigenvalue weighted by molar-refractivity contribution is 6.43. The Morgan fingerprint density at radius 2 is 1.76 bits per heavy atom. The van der Waals surface area contributed by atoms with E-state index in [1.165, 1.54) is 12.1 Å². The van der Waals surface area contributed by atoms with Crippen molar-refractivity contribution in [1.29, 1.82) is 0 Å². The monoisotopic (exact) mass is 469 g/mol. The molecule has 0 unspecified atom stereocenters. The highest BCUT2D eigenvalue weighted by atomic mass is 19.1. The molecule has 0 aliphatic heterocycles. The molecule has 2 aromatic rings. The number of aliphatic hydroxyl groups is 1. The molecule has 2 fully saturated rings. The Morgan fingerprint density at radius 1 is 1.12 bits per heavy atom. The zero-order chi connectivity index (χ0) is 24.8. The van der Waals surface area contributed by atoms with Crippen molar-refractivity contribution in [3.05, 3.63) is 52.1 Å². The Bertz CT molecular complexity index is 1160. The van der Waals surface area contributed by atoms with Crippen LogP contribution in [-0.2, 0) is 11.8 Å². The fraction of sp³-hybridized carbons (Fsp3) is 0.500. The van der Waals surface area contributed by atoms with Crippen LogP contribution in [0.25, 0.3) is 0 Å². The normalized spacial score (nSPS) is 22.4. The molecule has 0 spiro atoms. The van der Waals surface area contributed by atoms with Crippen LogP contribution in [0.1, 0.15) is 89.0 Å². The Kier molecular flexibility index (Phi) is 6.38. The van der Waals surface area contributed by atoms with Gasteiger partial charge in [-0.3, -0.25) is 14.4 Å². The minimum absolute atomic E-state index is 0.154. The number of aliphatic hydroxyl groups excluding tert-OH is 1. The lowest BCUT2D eigenvalue weighted by Crippen LogP contribution is -2.51. The summed E-state index contributed by atoms with van der Waals surface area (Å²) in [6.45, 7) is 5.20. The van der Waals surface area contributed by atoms with E-state index >= 15 is 0 Å². The largest absolute Gasteiger partial charge is 0.393 e. The number of amides is 2. The van der Waals surface area contributed by atoms with Gasteiger partial charge < -0.3 is 20.3 Å². The minimum Gasteiger partial charge on any atom is -0.393 e. The van der Waals surface area contributed by atoms with E-state index in [0.717, 1.165) is 18.5 Å². The number of benzene rings is 1. The first-order valence-corrected chi connectivity index (χ1v) is 11.8. The summed E-state index contributed by atoms with van der Waals surface area (Å²) in [4.78, 5) is 39.5. The molecule has 0 atom stereocenters. The van der Waals surface area contributed by atoms with E-state index in [9.17, 15) is 23.9 Å². The number of carbonyl (C=O) groups is 3. The van der Waals surface area contributed by atoms with Gasteiger partial charge in [-0.25, -0.2) is 4.39 Å². The van der Waals surface area contributed by atoms with Crippen molar-refractivity contribution in [1.82, 2.24) is 9.88 Å². The van der Waals surface area contributed by atoms with Crippen LogP contribution in [0.3, 0.4) is 0 Å². The number of hydrogen-bond donors (Lipinski definition) is 3. The van der Waals surface area contributed by atoms with Gasteiger partial charge in [0.05, 0.1) is 17.4 Å². The number of nitrogens with zero attached hydrogens (tertiary/aromatic N) is 1. The second kappa shape index (κ2) is 8.98. The predicted octanol–water partition coefficient (Wildman–Crippen LogP) is 3.90. The quantitative estimate of drug-likeness (QED) is 0.441. The number of nitrogens with one attached hydrogen (secondary N) is 2. The Balaban J connectivity index is 1.62. The number of anilines is 1. The molecule has 7 nitrogen and oxygen atoms in total. The molecule has 1 heterocycles. The fourth-order valence-corrected chi connectivity index (χ4v) is 5.01. The molecule has 2 saturated carbocycles. The molecule has 1 aromatic heterocycles. The summed E-state index contributed by atoms with van der Waals surface area (Å²) in [6, 6.07) is 4.36. The summed E-state index contributed by atoms with van der Waals surface area (Å²) in [5, 5.41) is 15.5. The van der Waals surface area contributed by atoms with Crippen molar-refractivity contribution in [3.8, 4) is 0 Å². The third-order valence-electron chi connectivity index (χ3n) is 7.19. The molecule has 182 valence electrons. The third kappa shape index (κ3) is 4.64. The van der Waals surface area contributed by atoms with E-state index in [1.54, 1.807) is 31.5 Å². The van der Waals surface area contributed by atoms with Crippen LogP contribution < -0.4 is 10.6 Å². The maximum Gasteiger partial charge on any atom is 0.294 e. The molecular formula is C26H32FN3O4. The molecular weight excluding hydrogens is 437 g/mol. The lowest BCUT2D eigenvalue weighted by molar-refractivity contribution is -0.119. The molecule has 2 amide bonds. The second-order valence-corrected chi connectivity index (χ2v) is 10.1. The molecule has 3 N–H and O–H groups in total. The van der Waals surface area contributed by atoms with E-state index in [2.05, 4.69) is 10.6 Å². The van der Waals surface area contributed by atoms with Crippen molar-refractivity contribution < 1.29 is 23.9 Å². The number of halogens is 1. The Morgan fingerprint density at radius 3 is 2.35 bits per heavy atom. The van der Waals surface area contributed by atoms with Crippen molar-refractivity contribution in [2.75, 3.05) is 5.32 Å². The van der Waals surface area contributed by atoms with Gasteiger partial charge in [-0.05, 0) is 88.6 Å². The number of carbonyl (C=O) groups excluding carboxylic acids is 3. The van der Waals surface area contributed by atoms with Crippen LogP contribution in [0.2, 0.25) is 0 Å². The van der Waals surface area contributed by atoms with Gasteiger partial charge in [-0.2, -0.15) is 0 Å². The number of rotatable bonds is 6. The number of aryl methyl sites for hydroxylation is 1. The summed E-state index contributed by atoms with van der Waals surface area (Å²) in [6.07, 6.45) is 3.79. The first-order valence-electron chi connectivity index (χ1n) is 11.8.